The number of aryl methyl sites for hydroxylation is 1. The van der Waals surface area contributed by atoms with Gasteiger partial charge in [-0.3, -0.25) is 4.79 Å². The number of nitrogens with two attached hydrogens (primary N) is 1. The van der Waals surface area contributed by atoms with Crippen molar-refractivity contribution in [1.29, 1.82) is 0 Å². The molecule has 1 aromatic carbocycles. The number of unbranched alkanes of at least 4 members (excludes halogenated alkanes) is 1. The highest BCUT2D eigenvalue weighted by Crippen LogP contribution is 2.24. The number of carbonyl (C=O) groups excluding carboxylic acids is 1. The average molecular weight is 249 g/mol. The van der Waals surface area contributed by atoms with E-state index in [0.717, 1.165) is 25.7 Å². The maximum Gasteiger partial charge on any atom is 0.312 e. The molecule has 0 fully saturated rings. The van der Waals surface area contributed by atoms with Crippen molar-refractivity contribution < 1.29 is 9.53 Å². The molecule has 0 bridgehead atoms. The van der Waals surface area contributed by atoms with Gasteiger partial charge in [0.25, 0.3) is 0 Å². The SMILES string of the molecule is COC(=O)C(C)(CN)CCCCc1ccccc1. The molecular formula is C15H23NO2. The summed E-state index contributed by atoms with van der Waals surface area (Å²) in [6, 6.07) is 10.4. The molecule has 0 saturated heterocycles. The first-order chi connectivity index (χ1) is 8.62. The molecule has 100 valence electrons. The Hall–Kier alpha value is -1.35. The molecule has 0 aromatic heterocycles. The van der Waals surface area contributed by atoms with Crippen LogP contribution in [0, 0.1) is 5.41 Å². The molecule has 0 saturated carbocycles. The predicted molar refractivity (Wildman–Crippen MR) is 73.2 cm³/mol. The maximum atomic E-state index is 11.6. The largest absolute Gasteiger partial charge is 0.469 e. The van der Waals surface area contributed by atoms with E-state index >= 15 is 0 Å². The first-order valence-corrected chi connectivity index (χ1v) is 6.45. The summed E-state index contributed by atoms with van der Waals surface area (Å²) in [7, 11) is 1.42. The van der Waals surface area contributed by atoms with Crippen LogP contribution >= 0.6 is 0 Å². The quantitative estimate of drug-likeness (QED) is 0.597. The lowest BCUT2D eigenvalue weighted by Gasteiger charge is -2.24. The number of carbonyl (C=O) groups is 1. The average Bonchev–Trinajstić information content (AvgIpc) is 2.43. The topological polar surface area (TPSA) is 52.3 Å². The molecule has 1 unspecified atom stereocenters. The summed E-state index contributed by atoms with van der Waals surface area (Å²) in [5.74, 6) is -0.204. The van der Waals surface area contributed by atoms with Crippen molar-refractivity contribution in [3.8, 4) is 0 Å². The van der Waals surface area contributed by atoms with Gasteiger partial charge in [0.05, 0.1) is 12.5 Å². The van der Waals surface area contributed by atoms with Crippen molar-refractivity contribution in [2.45, 2.75) is 32.6 Å². The molecular weight excluding hydrogens is 226 g/mol. The number of ether oxygens (including phenoxy) is 1. The maximum absolute atomic E-state index is 11.6. The van der Waals surface area contributed by atoms with Gasteiger partial charge in [-0.05, 0) is 31.7 Å². The molecule has 0 spiro atoms. The lowest BCUT2D eigenvalue weighted by Crippen LogP contribution is -2.36. The van der Waals surface area contributed by atoms with Crippen LogP contribution in [0.15, 0.2) is 30.3 Å². The Morgan fingerprint density at radius 1 is 1.28 bits per heavy atom. The molecule has 0 aliphatic carbocycles. The number of methoxy groups -OCH3 is 1. The standard InChI is InChI=1S/C15H23NO2/c1-15(12-16,14(17)18-2)11-7-6-10-13-8-4-3-5-9-13/h3-5,8-9H,6-7,10-12,16H2,1-2H3. The smallest absolute Gasteiger partial charge is 0.312 e. The molecule has 0 heterocycles. The van der Waals surface area contributed by atoms with Gasteiger partial charge in [0.15, 0.2) is 0 Å². The fraction of sp³-hybridized carbons (Fsp3) is 0.533. The second-order valence-electron chi connectivity index (χ2n) is 4.95. The second-order valence-corrected chi connectivity index (χ2v) is 4.95. The van der Waals surface area contributed by atoms with E-state index in [1.807, 2.05) is 25.1 Å². The molecule has 1 atom stereocenters. The zero-order valence-corrected chi connectivity index (χ0v) is 11.3. The van der Waals surface area contributed by atoms with Gasteiger partial charge in [-0.2, -0.15) is 0 Å². The van der Waals surface area contributed by atoms with E-state index in [1.54, 1.807) is 0 Å². The Balaban J connectivity index is 2.34. The van der Waals surface area contributed by atoms with E-state index < -0.39 is 5.41 Å². The van der Waals surface area contributed by atoms with Gasteiger partial charge in [-0.25, -0.2) is 0 Å². The van der Waals surface area contributed by atoms with E-state index in [2.05, 4.69) is 12.1 Å². The zero-order valence-electron chi connectivity index (χ0n) is 11.3. The van der Waals surface area contributed by atoms with Crippen molar-refractivity contribution in [2.24, 2.45) is 11.1 Å². The summed E-state index contributed by atoms with van der Waals surface area (Å²) in [4.78, 5) is 11.6. The molecule has 3 heteroatoms. The Kier molecular flexibility index (Phi) is 5.86. The molecule has 18 heavy (non-hydrogen) atoms. The Morgan fingerprint density at radius 3 is 2.50 bits per heavy atom. The Bertz CT molecular complexity index is 364. The van der Waals surface area contributed by atoms with E-state index in [4.69, 9.17) is 10.5 Å². The fourth-order valence-electron chi connectivity index (χ4n) is 2.02. The normalized spacial score (nSPS) is 13.9. The molecule has 0 aliphatic rings. The van der Waals surface area contributed by atoms with Gasteiger partial charge in [0, 0.05) is 6.54 Å². The van der Waals surface area contributed by atoms with Crippen LogP contribution in [0.1, 0.15) is 31.7 Å². The minimum absolute atomic E-state index is 0.204. The van der Waals surface area contributed by atoms with Crippen molar-refractivity contribution in [3.63, 3.8) is 0 Å². The number of hydrogen-bond acceptors (Lipinski definition) is 3. The third-order valence-corrected chi connectivity index (χ3v) is 3.42. The highest BCUT2D eigenvalue weighted by Gasteiger charge is 2.31. The highest BCUT2D eigenvalue weighted by atomic mass is 16.5. The number of benzene rings is 1. The third kappa shape index (κ3) is 4.15. The Morgan fingerprint density at radius 2 is 1.94 bits per heavy atom. The monoisotopic (exact) mass is 249 g/mol. The van der Waals surface area contributed by atoms with Gasteiger partial charge in [0.1, 0.15) is 0 Å². The third-order valence-electron chi connectivity index (χ3n) is 3.42. The summed E-state index contributed by atoms with van der Waals surface area (Å²) < 4.78 is 4.80. The molecule has 0 radical (unpaired) electrons. The first kappa shape index (κ1) is 14.7. The van der Waals surface area contributed by atoms with Crippen LogP contribution in [0.4, 0.5) is 0 Å². The summed E-state index contributed by atoms with van der Waals surface area (Å²) in [5, 5.41) is 0. The number of hydrogen-bond donors (Lipinski definition) is 1. The number of rotatable bonds is 7. The van der Waals surface area contributed by atoms with Gasteiger partial charge >= 0.3 is 5.97 Å². The lowest BCUT2D eigenvalue weighted by atomic mass is 9.84. The summed E-state index contributed by atoms with van der Waals surface area (Å²) in [6.45, 7) is 2.21. The summed E-state index contributed by atoms with van der Waals surface area (Å²) >= 11 is 0. The minimum atomic E-state index is -0.536. The molecule has 2 N–H and O–H groups in total. The van der Waals surface area contributed by atoms with Crippen molar-refractivity contribution in [2.75, 3.05) is 13.7 Å². The second kappa shape index (κ2) is 7.17. The predicted octanol–water partition coefficient (Wildman–Crippen LogP) is 2.54. The van der Waals surface area contributed by atoms with Crippen LogP contribution in [0.5, 0.6) is 0 Å². The van der Waals surface area contributed by atoms with Crippen LogP contribution in [0.2, 0.25) is 0 Å². The molecule has 0 aliphatic heterocycles. The van der Waals surface area contributed by atoms with E-state index in [-0.39, 0.29) is 5.97 Å². The molecule has 3 nitrogen and oxygen atoms in total. The lowest BCUT2D eigenvalue weighted by molar-refractivity contribution is -0.151. The molecule has 1 aromatic rings. The number of esters is 1. The van der Waals surface area contributed by atoms with Crippen molar-refractivity contribution in [1.82, 2.24) is 0 Å². The van der Waals surface area contributed by atoms with Gasteiger partial charge in [-0.1, -0.05) is 36.8 Å². The summed E-state index contributed by atoms with van der Waals surface area (Å²) in [5.41, 5.74) is 6.48. The van der Waals surface area contributed by atoms with E-state index in [1.165, 1.54) is 12.7 Å². The van der Waals surface area contributed by atoms with Crippen LogP contribution in [-0.2, 0) is 16.0 Å². The van der Waals surface area contributed by atoms with Crippen LogP contribution < -0.4 is 5.73 Å². The van der Waals surface area contributed by atoms with E-state index in [0.29, 0.717) is 6.54 Å². The minimum Gasteiger partial charge on any atom is -0.469 e. The summed E-state index contributed by atoms with van der Waals surface area (Å²) in [6.07, 6.45) is 3.87. The van der Waals surface area contributed by atoms with Crippen LogP contribution in [-0.4, -0.2) is 19.6 Å². The first-order valence-electron chi connectivity index (χ1n) is 6.45. The van der Waals surface area contributed by atoms with Crippen molar-refractivity contribution in [3.05, 3.63) is 35.9 Å². The van der Waals surface area contributed by atoms with Crippen LogP contribution in [0.25, 0.3) is 0 Å². The Labute approximate surface area is 109 Å². The van der Waals surface area contributed by atoms with Gasteiger partial charge in [-0.15, -0.1) is 0 Å². The highest BCUT2D eigenvalue weighted by molar-refractivity contribution is 5.76. The van der Waals surface area contributed by atoms with E-state index in [9.17, 15) is 4.79 Å². The van der Waals surface area contributed by atoms with Crippen molar-refractivity contribution >= 4 is 5.97 Å². The molecule has 1 rings (SSSR count). The van der Waals surface area contributed by atoms with Gasteiger partial charge < -0.3 is 10.5 Å². The molecule has 0 amide bonds. The fourth-order valence-corrected chi connectivity index (χ4v) is 2.02. The zero-order chi connectivity index (χ0) is 13.4. The van der Waals surface area contributed by atoms with Gasteiger partial charge in [0.2, 0.25) is 0 Å². The van der Waals surface area contributed by atoms with Crippen LogP contribution in [0.3, 0.4) is 0 Å².